The summed E-state index contributed by atoms with van der Waals surface area (Å²) in [5.41, 5.74) is 3.21. The normalized spacial score (nSPS) is 11.6. The maximum Gasteiger partial charge on any atom is 0.198 e. The SMILES string of the molecule is [C-]#[N+]C(=Cc1cc(OCCCCCC)c(C)cc1OCCCCCC)c1cc(OCCCCCC)c(C(C#N)=CC)cc1O. The second kappa shape index (κ2) is 20.9. The summed E-state index contributed by atoms with van der Waals surface area (Å²) in [7, 11) is 0. The minimum absolute atomic E-state index is 0.0864. The van der Waals surface area contributed by atoms with Crippen molar-refractivity contribution >= 4 is 17.3 Å². The van der Waals surface area contributed by atoms with E-state index in [2.05, 4.69) is 31.7 Å². The molecule has 1 N–H and O–H groups in total. The number of ether oxygens (including phenoxy) is 3. The Morgan fingerprint density at radius 1 is 0.773 bits per heavy atom. The van der Waals surface area contributed by atoms with Gasteiger partial charge in [0.05, 0.1) is 38.0 Å². The largest absolute Gasteiger partial charge is 0.509 e. The fourth-order valence-corrected chi connectivity index (χ4v) is 4.90. The van der Waals surface area contributed by atoms with Crippen LogP contribution in [0.1, 0.15) is 127 Å². The van der Waals surface area contributed by atoms with Crippen molar-refractivity contribution in [2.24, 2.45) is 0 Å². The third-order valence-electron chi connectivity index (χ3n) is 7.56. The predicted molar refractivity (Wildman–Crippen MR) is 182 cm³/mol. The molecular weight excluding hydrogens is 548 g/mol. The van der Waals surface area contributed by atoms with Gasteiger partial charge in [-0.1, -0.05) is 84.6 Å². The summed E-state index contributed by atoms with van der Waals surface area (Å²) < 4.78 is 18.6. The summed E-state index contributed by atoms with van der Waals surface area (Å²) in [5.74, 6) is 1.84. The Morgan fingerprint density at radius 3 is 1.82 bits per heavy atom. The van der Waals surface area contributed by atoms with Gasteiger partial charge in [-0.25, -0.2) is 4.85 Å². The fourth-order valence-electron chi connectivity index (χ4n) is 4.90. The van der Waals surface area contributed by atoms with Crippen molar-refractivity contribution in [1.29, 1.82) is 5.26 Å². The number of nitrogens with zero attached hydrogens (tertiary/aromatic N) is 2. The second-order valence-corrected chi connectivity index (χ2v) is 11.2. The van der Waals surface area contributed by atoms with Crippen molar-refractivity contribution in [2.45, 2.75) is 112 Å². The van der Waals surface area contributed by atoms with Crippen molar-refractivity contribution in [2.75, 3.05) is 19.8 Å². The molecule has 2 rings (SSSR count). The van der Waals surface area contributed by atoms with Gasteiger partial charge < -0.3 is 19.3 Å². The first-order chi connectivity index (χ1) is 21.4. The number of nitriles is 1. The second-order valence-electron chi connectivity index (χ2n) is 11.2. The molecule has 2 aromatic rings. The van der Waals surface area contributed by atoms with Gasteiger partial charge in [-0.2, -0.15) is 5.26 Å². The Bertz CT molecular complexity index is 1310. The smallest absolute Gasteiger partial charge is 0.198 e. The van der Waals surface area contributed by atoms with Crippen LogP contribution in [0.2, 0.25) is 0 Å². The van der Waals surface area contributed by atoms with Gasteiger partial charge in [0, 0.05) is 16.7 Å². The topological polar surface area (TPSA) is 76.1 Å². The molecule has 0 aromatic heterocycles. The van der Waals surface area contributed by atoms with Crippen molar-refractivity contribution in [3.63, 3.8) is 0 Å². The van der Waals surface area contributed by atoms with E-state index in [1.807, 2.05) is 19.1 Å². The molecule has 0 heterocycles. The molecule has 2 aromatic carbocycles. The fraction of sp³-hybridized carbons (Fsp3) is 0.526. The van der Waals surface area contributed by atoms with Crippen LogP contribution in [-0.4, -0.2) is 24.9 Å². The molecule has 238 valence electrons. The maximum atomic E-state index is 11.1. The minimum Gasteiger partial charge on any atom is -0.509 e. The molecule has 6 heteroatoms. The van der Waals surface area contributed by atoms with E-state index < -0.39 is 0 Å². The zero-order chi connectivity index (χ0) is 32.2. The highest BCUT2D eigenvalue weighted by Gasteiger charge is 2.18. The lowest BCUT2D eigenvalue weighted by Crippen LogP contribution is -2.03. The predicted octanol–water partition coefficient (Wildman–Crippen LogP) is 10.9. The average molecular weight is 601 g/mol. The standard InChI is InChI=1S/C38H52N2O4/c1-7-11-14-17-20-42-36-25-31(37(23-29(36)5)43-21-18-15-12-8-2)24-34(40-6)33-27-38(44-22-19-16-13-9-3)32(26-35(33)41)30(10-4)28-39/h10,23-27,41H,7-9,11-22H2,1-5H3. The zero-order valence-electron chi connectivity index (χ0n) is 27.6. The summed E-state index contributed by atoms with van der Waals surface area (Å²) in [5, 5.41) is 20.8. The van der Waals surface area contributed by atoms with Crippen molar-refractivity contribution in [3.8, 4) is 29.1 Å². The minimum atomic E-state index is -0.0864. The number of unbranched alkanes of at least 4 members (excludes halogenated alkanes) is 9. The molecule has 0 bridgehead atoms. The van der Waals surface area contributed by atoms with E-state index in [4.69, 9.17) is 20.8 Å². The van der Waals surface area contributed by atoms with E-state index in [1.54, 1.807) is 25.1 Å². The van der Waals surface area contributed by atoms with Crippen LogP contribution < -0.4 is 14.2 Å². The van der Waals surface area contributed by atoms with Gasteiger partial charge in [-0.3, -0.25) is 0 Å². The Balaban J connectivity index is 2.53. The lowest BCUT2D eigenvalue weighted by Gasteiger charge is -2.16. The molecule has 0 radical (unpaired) electrons. The number of hydrogen-bond acceptors (Lipinski definition) is 5. The van der Waals surface area contributed by atoms with E-state index in [1.165, 1.54) is 25.3 Å². The molecule has 0 fully saturated rings. The lowest BCUT2D eigenvalue weighted by atomic mass is 9.99. The Morgan fingerprint density at radius 2 is 1.32 bits per heavy atom. The highest BCUT2D eigenvalue weighted by Crippen LogP contribution is 2.39. The van der Waals surface area contributed by atoms with E-state index >= 15 is 0 Å². The van der Waals surface area contributed by atoms with Crippen LogP contribution in [0.25, 0.3) is 22.2 Å². The van der Waals surface area contributed by atoms with Crippen LogP contribution in [0.5, 0.6) is 23.0 Å². The number of phenolic OH excluding ortho intramolecular Hbond substituents is 1. The summed E-state index contributed by atoms with van der Waals surface area (Å²) in [6, 6.07) is 9.32. The first-order valence-corrected chi connectivity index (χ1v) is 16.5. The van der Waals surface area contributed by atoms with Gasteiger partial charge in [0.2, 0.25) is 0 Å². The Labute approximate surface area is 266 Å². The Hall–Kier alpha value is -3.90. The monoisotopic (exact) mass is 600 g/mol. The quantitative estimate of drug-likeness (QED) is 0.0667. The van der Waals surface area contributed by atoms with Crippen LogP contribution >= 0.6 is 0 Å². The van der Waals surface area contributed by atoms with Crippen molar-refractivity contribution < 1.29 is 19.3 Å². The van der Waals surface area contributed by atoms with Crippen molar-refractivity contribution in [1.82, 2.24) is 0 Å². The Kier molecular flexibility index (Phi) is 17.2. The molecule has 0 aliphatic heterocycles. The van der Waals surface area contributed by atoms with E-state index in [0.717, 1.165) is 74.7 Å². The summed E-state index contributed by atoms with van der Waals surface area (Å²) >= 11 is 0. The zero-order valence-corrected chi connectivity index (χ0v) is 27.6. The molecular formula is C38H52N2O4. The molecule has 0 amide bonds. The van der Waals surface area contributed by atoms with Crippen LogP contribution in [0.15, 0.2) is 30.3 Å². The van der Waals surface area contributed by atoms with E-state index in [-0.39, 0.29) is 11.4 Å². The molecule has 0 atom stereocenters. The van der Waals surface area contributed by atoms with Crippen LogP contribution in [0, 0.1) is 24.8 Å². The summed E-state index contributed by atoms with van der Waals surface area (Å²) in [6.07, 6.45) is 16.5. The number of aryl methyl sites for hydroxylation is 1. The molecule has 0 aliphatic rings. The van der Waals surface area contributed by atoms with Gasteiger partial charge in [0.25, 0.3) is 0 Å². The number of aromatic hydroxyl groups is 1. The van der Waals surface area contributed by atoms with Gasteiger partial charge in [-0.15, -0.1) is 0 Å². The number of hydrogen-bond donors (Lipinski definition) is 1. The van der Waals surface area contributed by atoms with Gasteiger partial charge in [0.15, 0.2) is 5.70 Å². The molecule has 44 heavy (non-hydrogen) atoms. The third-order valence-corrected chi connectivity index (χ3v) is 7.56. The molecule has 0 unspecified atom stereocenters. The number of rotatable bonds is 21. The van der Waals surface area contributed by atoms with Gasteiger partial charge in [0.1, 0.15) is 23.0 Å². The molecule has 0 saturated heterocycles. The molecule has 6 nitrogen and oxygen atoms in total. The average Bonchev–Trinajstić information content (AvgIpc) is 3.02. The highest BCUT2D eigenvalue weighted by molar-refractivity contribution is 5.91. The number of phenols is 1. The first kappa shape index (κ1) is 36.3. The number of allylic oxidation sites excluding steroid dienone is 2. The first-order valence-electron chi connectivity index (χ1n) is 16.5. The molecule has 0 saturated carbocycles. The third kappa shape index (κ3) is 11.6. The summed E-state index contributed by atoms with van der Waals surface area (Å²) in [6.45, 7) is 20.1. The van der Waals surface area contributed by atoms with Gasteiger partial charge in [-0.05, 0) is 69.0 Å². The van der Waals surface area contributed by atoms with E-state index in [0.29, 0.717) is 48.0 Å². The van der Waals surface area contributed by atoms with Crippen LogP contribution in [0.4, 0.5) is 0 Å². The van der Waals surface area contributed by atoms with Crippen LogP contribution in [0.3, 0.4) is 0 Å². The van der Waals surface area contributed by atoms with Gasteiger partial charge >= 0.3 is 0 Å². The van der Waals surface area contributed by atoms with Crippen LogP contribution in [-0.2, 0) is 0 Å². The molecule has 0 spiro atoms. The highest BCUT2D eigenvalue weighted by atomic mass is 16.5. The van der Waals surface area contributed by atoms with E-state index in [9.17, 15) is 10.4 Å². The molecule has 0 aliphatic carbocycles. The number of benzene rings is 2. The lowest BCUT2D eigenvalue weighted by molar-refractivity contribution is 0.295. The maximum absolute atomic E-state index is 11.1. The van der Waals surface area contributed by atoms with Crippen molar-refractivity contribution in [3.05, 3.63) is 64.0 Å². The summed E-state index contributed by atoms with van der Waals surface area (Å²) in [4.78, 5) is 3.82.